The van der Waals surface area contributed by atoms with Gasteiger partial charge in [0.2, 0.25) is 5.17 Å². The number of aliphatic imine (C=N–C) groups is 1. The van der Waals surface area contributed by atoms with Gasteiger partial charge in [-0.2, -0.15) is 9.39 Å². The van der Waals surface area contributed by atoms with Crippen LogP contribution >= 0.6 is 23.7 Å². The van der Waals surface area contributed by atoms with Gasteiger partial charge >= 0.3 is 0 Å². The van der Waals surface area contributed by atoms with Crippen LogP contribution in [0.5, 0.6) is 0 Å². The fraction of sp³-hybridized carbons (Fsp3) is 0.294. The van der Waals surface area contributed by atoms with E-state index >= 15 is 0 Å². The molecule has 1 amide bonds. The summed E-state index contributed by atoms with van der Waals surface area (Å²) in [5.41, 5.74) is 2.43. The molecular weight excluding hydrogens is 340 g/mol. The minimum Gasteiger partial charge on any atom is -0.283 e. The quantitative estimate of drug-likeness (QED) is 0.651. The standard InChI is InChI=1S/C17H18N4OS2/c1-4-23-17-20-24-16-19-15(22)13(14(18)21(16)17)9-11-5-7-12(8-6-11)10(2)3/h5-10,18H,4H2,1-3H3/b13-9-,18-14?. The van der Waals surface area contributed by atoms with Gasteiger partial charge in [-0.3, -0.25) is 10.2 Å². The van der Waals surface area contributed by atoms with Gasteiger partial charge in [0.05, 0.1) is 17.5 Å². The zero-order valence-electron chi connectivity index (χ0n) is 13.7. The third kappa shape index (κ3) is 3.18. The first-order valence-corrected chi connectivity index (χ1v) is 9.48. The summed E-state index contributed by atoms with van der Waals surface area (Å²) in [5, 5.41) is 9.60. The molecule has 24 heavy (non-hydrogen) atoms. The minimum atomic E-state index is -0.385. The maximum atomic E-state index is 12.3. The van der Waals surface area contributed by atoms with Crippen molar-refractivity contribution in [3.05, 3.63) is 41.0 Å². The number of amidine groups is 3. The average Bonchev–Trinajstić information content (AvgIpc) is 2.95. The van der Waals surface area contributed by atoms with E-state index in [-0.39, 0.29) is 11.7 Å². The summed E-state index contributed by atoms with van der Waals surface area (Å²) in [7, 11) is 0. The van der Waals surface area contributed by atoms with Crippen molar-refractivity contribution in [2.24, 2.45) is 9.39 Å². The number of nitrogens with zero attached hydrogens (tertiary/aromatic N) is 3. The number of carbonyl (C=O) groups excluding carboxylic acids is 1. The number of hydrogen-bond donors (Lipinski definition) is 1. The van der Waals surface area contributed by atoms with Gasteiger partial charge in [-0.25, -0.2) is 4.90 Å². The van der Waals surface area contributed by atoms with Gasteiger partial charge in [0, 0.05) is 0 Å². The Hall–Kier alpha value is -1.86. The van der Waals surface area contributed by atoms with Crippen molar-refractivity contribution in [1.82, 2.24) is 4.90 Å². The van der Waals surface area contributed by atoms with Crippen LogP contribution in [0.15, 0.2) is 39.2 Å². The van der Waals surface area contributed by atoms with Crippen molar-refractivity contribution >= 4 is 51.9 Å². The van der Waals surface area contributed by atoms with E-state index in [1.165, 1.54) is 17.3 Å². The second-order valence-corrected chi connectivity index (χ2v) is 7.62. The van der Waals surface area contributed by atoms with Crippen molar-refractivity contribution in [1.29, 1.82) is 5.41 Å². The molecule has 0 unspecified atom stereocenters. The van der Waals surface area contributed by atoms with Crippen LogP contribution in [0, 0.1) is 5.41 Å². The van der Waals surface area contributed by atoms with E-state index in [2.05, 4.69) is 23.2 Å². The average molecular weight is 358 g/mol. The highest BCUT2D eigenvalue weighted by Crippen LogP contribution is 2.31. The van der Waals surface area contributed by atoms with Gasteiger partial charge in [0.25, 0.3) is 5.91 Å². The van der Waals surface area contributed by atoms with E-state index in [4.69, 9.17) is 5.41 Å². The predicted octanol–water partition coefficient (Wildman–Crippen LogP) is 4.14. The first-order chi connectivity index (χ1) is 11.5. The summed E-state index contributed by atoms with van der Waals surface area (Å²) in [6, 6.07) is 8.04. The molecule has 0 bridgehead atoms. The maximum absolute atomic E-state index is 12.3. The van der Waals surface area contributed by atoms with Crippen LogP contribution in [0.25, 0.3) is 6.08 Å². The number of carbonyl (C=O) groups is 1. The minimum absolute atomic E-state index is 0.141. The molecule has 0 fully saturated rings. The van der Waals surface area contributed by atoms with Crippen LogP contribution in [-0.4, -0.2) is 32.7 Å². The van der Waals surface area contributed by atoms with E-state index in [9.17, 15) is 4.79 Å². The van der Waals surface area contributed by atoms with Crippen LogP contribution < -0.4 is 0 Å². The lowest BCUT2D eigenvalue weighted by Crippen LogP contribution is -2.41. The Bertz CT molecular complexity index is 778. The second-order valence-electron chi connectivity index (χ2n) is 5.66. The van der Waals surface area contributed by atoms with Gasteiger partial charge in [-0.05, 0) is 28.9 Å². The van der Waals surface area contributed by atoms with Crippen molar-refractivity contribution < 1.29 is 4.79 Å². The van der Waals surface area contributed by atoms with Gasteiger partial charge in [0.15, 0.2) is 5.17 Å². The molecule has 0 atom stereocenters. The van der Waals surface area contributed by atoms with Gasteiger partial charge in [0.1, 0.15) is 5.84 Å². The van der Waals surface area contributed by atoms with Crippen LogP contribution in [0.2, 0.25) is 0 Å². The third-order valence-corrected chi connectivity index (χ3v) is 5.32. The largest absolute Gasteiger partial charge is 0.283 e. The predicted molar refractivity (Wildman–Crippen MR) is 104 cm³/mol. The molecule has 0 aromatic heterocycles. The molecular formula is C17H18N4OS2. The molecule has 0 saturated heterocycles. The fourth-order valence-corrected chi connectivity index (χ4v) is 3.94. The molecule has 1 aromatic carbocycles. The number of fused-ring (bicyclic) bond motifs is 1. The lowest BCUT2D eigenvalue weighted by atomic mass is 10.0. The van der Waals surface area contributed by atoms with Crippen LogP contribution in [0.3, 0.4) is 0 Å². The molecule has 1 aromatic rings. The van der Waals surface area contributed by atoms with E-state index in [1.807, 2.05) is 31.2 Å². The molecule has 5 nitrogen and oxygen atoms in total. The van der Waals surface area contributed by atoms with E-state index in [0.29, 0.717) is 21.8 Å². The lowest BCUT2D eigenvalue weighted by Gasteiger charge is -2.24. The third-order valence-electron chi connectivity index (χ3n) is 3.68. The number of thioether (sulfide) groups is 1. The molecule has 0 spiro atoms. The first kappa shape index (κ1) is 17.0. The molecule has 3 rings (SSSR count). The van der Waals surface area contributed by atoms with Gasteiger partial charge in [-0.1, -0.05) is 56.8 Å². The zero-order valence-corrected chi connectivity index (χ0v) is 15.4. The molecule has 0 radical (unpaired) electrons. The Morgan fingerprint density at radius 1 is 1.33 bits per heavy atom. The number of amides is 1. The van der Waals surface area contributed by atoms with Crippen LogP contribution in [0.1, 0.15) is 37.8 Å². The maximum Gasteiger partial charge on any atom is 0.283 e. The second kappa shape index (κ2) is 6.94. The zero-order chi connectivity index (χ0) is 17.3. The molecule has 124 valence electrons. The van der Waals surface area contributed by atoms with Gasteiger partial charge in [-0.15, -0.1) is 0 Å². The summed E-state index contributed by atoms with van der Waals surface area (Å²) in [5.74, 6) is 1.06. The van der Waals surface area contributed by atoms with Crippen molar-refractivity contribution in [2.45, 2.75) is 26.7 Å². The topological polar surface area (TPSA) is 68.9 Å². The number of nitrogens with one attached hydrogen (secondary N) is 1. The first-order valence-electron chi connectivity index (χ1n) is 7.72. The highest BCUT2D eigenvalue weighted by Gasteiger charge is 2.37. The Morgan fingerprint density at radius 2 is 2.04 bits per heavy atom. The molecule has 0 saturated carbocycles. The SMILES string of the molecule is CCSC1=NSC2=NC(=O)/C(=C\c3ccc(C(C)C)cc3)C(=N)N12. The van der Waals surface area contributed by atoms with Crippen molar-refractivity contribution in [3.63, 3.8) is 0 Å². The Labute approximate surface area is 150 Å². The molecule has 1 N–H and O–H groups in total. The summed E-state index contributed by atoms with van der Waals surface area (Å²) in [4.78, 5) is 18.0. The van der Waals surface area contributed by atoms with Gasteiger partial charge < -0.3 is 0 Å². The molecule has 2 aliphatic rings. The fourth-order valence-electron chi connectivity index (χ4n) is 2.37. The summed E-state index contributed by atoms with van der Waals surface area (Å²) < 4.78 is 4.30. The summed E-state index contributed by atoms with van der Waals surface area (Å²) in [6.07, 6.45) is 1.73. The van der Waals surface area contributed by atoms with Crippen LogP contribution in [0.4, 0.5) is 0 Å². The highest BCUT2D eigenvalue weighted by molar-refractivity contribution is 8.19. The molecule has 7 heteroatoms. The number of hydrogen-bond acceptors (Lipinski definition) is 5. The van der Waals surface area contributed by atoms with E-state index in [0.717, 1.165) is 23.3 Å². The molecule has 2 aliphatic heterocycles. The molecule has 2 heterocycles. The van der Waals surface area contributed by atoms with E-state index in [1.54, 1.807) is 11.0 Å². The monoisotopic (exact) mass is 358 g/mol. The Balaban J connectivity index is 1.92. The van der Waals surface area contributed by atoms with Crippen molar-refractivity contribution in [3.8, 4) is 0 Å². The normalized spacial score (nSPS) is 19.0. The molecule has 0 aliphatic carbocycles. The Morgan fingerprint density at radius 3 is 2.67 bits per heavy atom. The highest BCUT2D eigenvalue weighted by atomic mass is 32.2. The lowest BCUT2D eigenvalue weighted by molar-refractivity contribution is -0.114. The van der Waals surface area contributed by atoms with Crippen LogP contribution in [-0.2, 0) is 4.79 Å². The summed E-state index contributed by atoms with van der Waals surface area (Å²) in [6.45, 7) is 6.31. The van der Waals surface area contributed by atoms with E-state index < -0.39 is 0 Å². The number of rotatable bonds is 3. The van der Waals surface area contributed by atoms with Crippen molar-refractivity contribution in [2.75, 3.05) is 5.75 Å². The summed E-state index contributed by atoms with van der Waals surface area (Å²) >= 11 is 2.69. The smallest absolute Gasteiger partial charge is 0.283 e. The Kier molecular flexibility index (Phi) is 4.91. The number of benzene rings is 1.